The molecule has 148 valence electrons. The van der Waals surface area contributed by atoms with Gasteiger partial charge in [-0.1, -0.05) is 43.2 Å². The van der Waals surface area contributed by atoms with Crippen LogP contribution in [0.2, 0.25) is 0 Å². The second kappa shape index (κ2) is 8.08. The number of aryl methyl sites for hydroxylation is 1. The molecule has 0 aliphatic carbocycles. The summed E-state index contributed by atoms with van der Waals surface area (Å²) in [5, 5.41) is 1.97. The van der Waals surface area contributed by atoms with Crippen LogP contribution in [0.15, 0.2) is 41.8 Å². The van der Waals surface area contributed by atoms with E-state index < -0.39 is 0 Å². The molecule has 5 heteroatoms. The van der Waals surface area contributed by atoms with Crippen LogP contribution in [0.4, 0.5) is 0 Å². The van der Waals surface area contributed by atoms with E-state index in [2.05, 4.69) is 29.2 Å². The summed E-state index contributed by atoms with van der Waals surface area (Å²) in [6.07, 6.45) is 4.23. The number of carbonyl (C=O) groups is 2. The summed E-state index contributed by atoms with van der Waals surface area (Å²) in [5.74, 6) is 0.400. The van der Waals surface area contributed by atoms with Crippen molar-refractivity contribution in [3.63, 3.8) is 0 Å². The van der Waals surface area contributed by atoms with E-state index in [1.165, 1.54) is 5.56 Å². The lowest BCUT2D eigenvalue weighted by Gasteiger charge is -2.38. The third kappa shape index (κ3) is 3.60. The Balaban J connectivity index is 1.74. The minimum Gasteiger partial charge on any atom is -0.337 e. The van der Waals surface area contributed by atoms with Crippen LogP contribution in [-0.4, -0.2) is 46.8 Å². The smallest absolute Gasteiger partial charge is 0.255 e. The van der Waals surface area contributed by atoms with Crippen molar-refractivity contribution >= 4 is 23.2 Å². The van der Waals surface area contributed by atoms with E-state index in [0.29, 0.717) is 6.54 Å². The Labute approximate surface area is 171 Å². The lowest BCUT2D eigenvalue weighted by molar-refractivity contribution is -0.132. The highest BCUT2D eigenvalue weighted by atomic mass is 32.1. The van der Waals surface area contributed by atoms with Gasteiger partial charge in [0.25, 0.3) is 5.91 Å². The number of thiophene rings is 1. The third-order valence-corrected chi connectivity index (χ3v) is 7.09. The fourth-order valence-corrected chi connectivity index (χ4v) is 5.62. The first-order valence-corrected chi connectivity index (χ1v) is 11.1. The molecular weight excluding hydrogens is 368 g/mol. The first kappa shape index (κ1) is 19.2. The Morgan fingerprint density at radius 2 is 1.86 bits per heavy atom. The summed E-state index contributed by atoms with van der Waals surface area (Å²) >= 11 is 1.62. The summed E-state index contributed by atoms with van der Waals surface area (Å²) in [7, 11) is 0. The monoisotopic (exact) mass is 396 g/mol. The van der Waals surface area contributed by atoms with Gasteiger partial charge in [0.05, 0.1) is 17.6 Å². The average Bonchev–Trinajstić information content (AvgIpc) is 3.25. The predicted molar refractivity (Wildman–Crippen MR) is 113 cm³/mol. The van der Waals surface area contributed by atoms with Gasteiger partial charge in [-0.25, -0.2) is 0 Å². The maximum absolute atomic E-state index is 13.4. The van der Waals surface area contributed by atoms with E-state index in [4.69, 9.17) is 0 Å². The van der Waals surface area contributed by atoms with Crippen LogP contribution in [0.1, 0.15) is 59.3 Å². The molecule has 0 spiro atoms. The van der Waals surface area contributed by atoms with Gasteiger partial charge in [0, 0.05) is 36.2 Å². The Bertz CT molecular complexity index is 847. The second-order valence-electron chi connectivity index (χ2n) is 8.04. The molecule has 28 heavy (non-hydrogen) atoms. The minimum atomic E-state index is 0.0592. The van der Waals surface area contributed by atoms with Crippen molar-refractivity contribution < 1.29 is 9.59 Å². The molecule has 1 aromatic heterocycles. The second-order valence-corrected chi connectivity index (χ2v) is 9.16. The average molecular weight is 397 g/mol. The molecule has 3 heterocycles. The van der Waals surface area contributed by atoms with Gasteiger partial charge in [0.1, 0.15) is 0 Å². The molecule has 0 saturated carbocycles. The number of nitrogens with zero attached hydrogens (tertiary/aromatic N) is 2. The number of hydrogen-bond acceptors (Lipinski definition) is 3. The predicted octanol–water partition coefficient (Wildman–Crippen LogP) is 4.46. The SMILES string of the molecule is CC(=O)N1CCCCC[C@@H]2[C@@H]1[C@H](c1ccccc1)CN2C(=O)c1csc(C)c1. The van der Waals surface area contributed by atoms with Crippen LogP contribution in [-0.2, 0) is 4.79 Å². The van der Waals surface area contributed by atoms with Gasteiger partial charge in [0.15, 0.2) is 0 Å². The number of fused-ring (bicyclic) bond motifs is 1. The van der Waals surface area contributed by atoms with Crippen LogP contribution in [0.25, 0.3) is 0 Å². The number of likely N-dealkylation sites (tertiary alicyclic amines) is 2. The van der Waals surface area contributed by atoms with E-state index in [1.807, 2.05) is 29.3 Å². The van der Waals surface area contributed by atoms with Crippen LogP contribution >= 0.6 is 11.3 Å². The van der Waals surface area contributed by atoms with Crippen LogP contribution < -0.4 is 0 Å². The highest BCUT2D eigenvalue weighted by Gasteiger charge is 2.48. The van der Waals surface area contributed by atoms with Crippen molar-refractivity contribution in [1.82, 2.24) is 9.80 Å². The molecule has 0 N–H and O–H groups in total. The summed E-state index contributed by atoms with van der Waals surface area (Å²) in [4.78, 5) is 31.2. The highest BCUT2D eigenvalue weighted by molar-refractivity contribution is 7.10. The summed E-state index contributed by atoms with van der Waals surface area (Å²) in [6.45, 7) is 5.18. The molecule has 2 fully saturated rings. The first-order valence-electron chi connectivity index (χ1n) is 10.2. The first-order chi connectivity index (χ1) is 13.6. The van der Waals surface area contributed by atoms with Gasteiger partial charge in [-0.15, -0.1) is 11.3 Å². The Morgan fingerprint density at radius 3 is 2.54 bits per heavy atom. The van der Waals surface area contributed by atoms with Crippen molar-refractivity contribution in [2.75, 3.05) is 13.1 Å². The van der Waals surface area contributed by atoms with Gasteiger partial charge < -0.3 is 9.80 Å². The molecular formula is C23H28N2O2S. The van der Waals surface area contributed by atoms with Crippen molar-refractivity contribution in [2.24, 2.45) is 0 Å². The molecule has 4 rings (SSSR count). The normalized spacial score (nSPS) is 25.1. The molecule has 4 nitrogen and oxygen atoms in total. The lowest BCUT2D eigenvalue weighted by atomic mass is 9.87. The largest absolute Gasteiger partial charge is 0.337 e. The molecule has 2 amide bonds. The zero-order valence-electron chi connectivity index (χ0n) is 16.6. The number of benzene rings is 1. The number of hydrogen-bond donors (Lipinski definition) is 0. The summed E-state index contributed by atoms with van der Waals surface area (Å²) in [6, 6.07) is 12.5. The lowest BCUT2D eigenvalue weighted by Crippen LogP contribution is -2.51. The van der Waals surface area contributed by atoms with E-state index >= 15 is 0 Å². The molecule has 2 saturated heterocycles. The van der Waals surface area contributed by atoms with E-state index in [0.717, 1.165) is 42.7 Å². The third-order valence-electron chi connectivity index (χ3n) is 6.23. The fraction of sp³-hybridized carbons (Fsp3) is 0.478. The maximum atomic E-state index is 13.4. The van der Waals surface area contributed by atoms with Crippen LogP contribution in [0, 0.1) is 6.92 Å². The van der Waals surface area contributed by atoms with E-state index in [-0.39, 0.29) is 29.8 Å². The molecule has 2 aromatic rings. The van der Waals surface area contributed by atoms with Crippen LogP contribution in [0.5, 0.6) is 0 Å². The molecule has 0 unspecified atom stereocenters. The van der Waals surface area contributed by atoms with E-state index in [1.54, 1.807) is 18.3 Å². The quantitative estimate of drug-likeness (QED) is 0.752. The molecule has 2 aliphatic heterocycles. The molecule has 0 radical (unpaired) electrons. The zero-order chi connectivity index (χ0) is 19.7. The fourth-order valence-electron chi connectivity index (χ4n) is 4.95. The van der Waals surface area contributed by atoms with Gasteiger partial charge in [-0.2, -0.15) is 0 Å². The van der Waals surface area contributed by atoms with E-state index in [9.17, 15) is 9.59 Å². The van der Waals surface area contributed by atoms with Crippen molar-refractivity contribution in [3.05, 3.63) is 57.8 Å². The molecule has 0 bridgehead atoms. The van der Waals surface area contributed by atoms with Crippen molar-refractivity contribution in [3.8, 4) is 0 Å². The number of amides is 2. The van der Waals surface area contributed by atoms with Gasteiger partial charge in [-0.05, 0) is 31.4 Å². The van der Waals surface area contributed by atoms with Gasteiger partial charge in [-0.3, -0.25) is 9.59 Å². The van der Waals surface area contributed by atoms with Crippen LogP contribution in [0.3, 0.4) is 0 Å². The molecule has 1 aromatic carbocycles. The molecule has 2 aliphatic rings. The minimum absolute atomic E-state index is 0.0592. The molecule has 3 atom stereocenters. The number of rotatable bonds is 2. The van der Waals surface area contributed by atoms with Gasteiger partial charge >= 0.3 is 0 Å². The Kier molecular flexibility index (Phi) is 5.54. The van der Waals surface area contributed by atoms with Crippen molar-refractivity contribution in [1.29, 1.82) is 0 Å². The van der Waals surface area contributed by atoms with Gasteiger partial charge in [0.2, 0.25) is 5.91 Å². The number of carbonyl (C=O) groups excluding carboxylic acids is 2. The maximum Gasteiger partial charge on any atom is 0.255 e. The summed E-state index contributed by atoms with van der Waals surface area (Å²) < 4.78 is 0. The Morgan fingerprint density at radius 1 is 1.07 bits per heavy atom. The Hall–Kier alpha value is -2.14. The summed E-state index contributed by atoms with van der Waals surface area (Å²) in [5.41, 5.74) is 2.01. The highest BCUT2D eigenvalue weighted by Crippen LogP contribution is 2.40. The standard InChI is InChI=1S/C23H28N2O2S/c1-16-13-19(15-28-16)23(27)25-14-20(18-9-5-3-6-10-18)22-21(25)11-7-4-8-12-24(22)17(2)26/h3,5-6,9-10,13,15,20-22H,4,7-8,11-12,14H2,1-2H3/t20-,21+,22-/m0/s1. The topological polar surface area (TPSA) is 40.6 Å². The van der Waals surface area contributed by atoms with Crippen molar-refractivity contribution in [2.45, 2.75) is 57.5 Å². The zero-order valence-corrected chi connectivity index (χ0v) is 17.5.